The molecule has 0 radical (unpaired) electrons. The molecule has 15 heavy (non-hydrogen) atoms. The number of aryl methyl sites for hydroxylation is 1. The number of rotatable bonds is 2. The van der Waals surface area contributed by atoms with Gasteiger partial charge in [-0.25, -0.2) is 4.98 Å². The van der Waals surface area contributed by atoms with Crippen molar-refractivity contribution in [3.05, 3.63) is 28.5 Å². The molecule has 2 rings (SSSR count). The first-order valence-corrected chi connectivity index (χ1v) is 5.41. The SMILES string of the molecule is Cn1cnc2cc(Br)cc(C(O)CN)c21. The summed E-state index contributed by atoms with van der Waals surface area (Å²) >= 11 is 3.39. The number of aliphatic hydroxyl groups is 1. The highest BCUT2D eigenvalue weighted by Crippen LogP contribution is 2.27. The minimum atomic E-state index is -0.652. The zero-order valence-electron chi connectivity index (χ0n) is 8.31. The lowest BCUT2D eigenvalue weighted by Gasteiger charge is -2.11. The summed E-state index contributed by atoms with van der Waals surface area (Å²) in [6.45, 7) is 0.205. The number of halogens is 1. The minimum Gasteiger partial charge on any atom is -0.387 e. The molecule has 4 nitrogen and oxygen atoms in total. The van der Waals surface area contributed by atoms with Crippen LogP contribution >= 0.6 is 15.9 Å². The third-order valence-electron chi connectivity index (χ3n) is 2.39. The van der Waals surface area contributed by atoms with Crippen molar-refractivity contribution in [1.82, 2.24) is 9.55 Å². The Balaban J connectivity index is 2.74. The van der Waals surface area contributed by atoms with Gasteiger partial charge in [0.25, 0.3) is 0 Å². The van der Waals surface area contributed by atoms with E-state index >= 15 is 0 Å². The van der Waals surface area contributed by atoms with Crippen LogP contribution in [-0.2, 0) is 7.05 Å². The second-order valence-electron chi connectivity index (χ2n) is 3.47. The highest BCUT2D eigenvalue weighted by atomic mass is 79.9. The van der Waals surface area contributed by atoms with Crippen molar-refractivity contribution in [1.29, 1.82) is 0 Å². The van der Waals surface area contributed by atoms with Gasteiger partial charge in [-0.2, -0.15) is 0 Å². The molecule has 1 atom stereocenters. The van der Waals surface area contributed by atoms with Crippen molar-refractivity contribution >= 4 is 27.0 Å². The predicted molar refractivity (Wildman–Crippen MR) is 62.4 cm³/mol. The average Bonchev–Trinajstić information content (AvgIpc) is 2.58. The molecular weight excluding hydrogens is 258 g/mol. The monoisotopic (exact) mass is 269 g/mol. The fraction of sp³-hybridized carbons (Fsp3) is 0.300. The van der Waals surface area contributed by atoms with Gasteiger partial charge in [0.05, 0.1) is 23.5 Å². The normalized spacial score (nSPS) is 13.3. The highest BCUT2D eigenvalue weighted by Gasteiger charge is 2.13. The first-order valence-electron chi connectivity index (χ1n) is 4.62. The Labute approximate surface area is 95.8 Å². The number of hydrogen-bond donors (Lipinski definition) is 2. The summed E-state index contributed by atoms with van der Waals surface area (Å²) in [5.41, 5.74) is 8.06. The second-order valence-corrected chi connectivity index (χ2v) is 4.39. The molecule has 0 aliphatic heterocycles. The zero-order chi connectivity index (χ0) is 11.0. The van der Waals surface area contributed by atoms with Crippen LogP contribution in [0.15, 0.2) is 22.9 Å². The van der Waals surface area contributed by atoms with E-state index in [1.807, 2.05) is 23.7 Å². The molecule has 0 aliphatic carbocycles. The van der Waals surface area contributed by atoms with Crippen molar-refractivity contribution < 1.29 is 5.11 Å². The van der Waals surface area contributed by atoms with Gasteiger partial charge in [-0.15, -0.1) is 0 Å². The fourth-order valence-corrected chi connectivity index (χ4v) is 2.14. The Bertz CT molecular complexity index is 495. The average molecular weight is 270 g/mol. The molecule has 5 heteroatoms. The lowest BCUT2D eigenvalue weighted by molar-refractivity contribution is 0.188. The molecule has 0 saturated carbocycles. The number of nitrogens with two attached hydrogens (primary N) is 1. The summed E-state index contributed by atoms with van der Waals surface area (Å²) in [5.74, 6) is 0. The van der Waals surface area contributed by atoms with E-state index in [2.05, 4.69) is 20.9 Å². The first-order chi connectivity index (χ1) is 7.13. The van der Waals surface area contributed by atoms with E-state index in [1.165, 1.54) is 0 Å². The standard InChI is InChI=1S/C10H12BrN3O/c1-14-5-13-8-3-6(11)2-7(10(8)14)9(15)4-12/h2-3,5,9,15H,4,12H2,1H3. The Kier molecular flexibility index (Phi) is 2.77. The maximum atomic E-state index is 9.81. The molecule has 0 bridgehead atoms. The Hall–Kier alpha value is -0.910. The number of fused-ring (bicyclic) bond motifs is 1. The number of nitrogens with zero attached hydrogens (tertiary/aromatic N) is 2. The van der Waals surface area contributed by atoms with Gasteiger partial charge < -0.3 is 15.4 Å². The van der Waals surface area contributed by atoms with Gasteiger partial charge in [-0.1, -0.05) is 15.9 Å². The number of aliphatic hydroxyl groups excluding tert-OH is 1. The van der Waals surface area contributed by atoms with Gasteiger partial charge in [0.15, 0.2) is 0 Å². The maximum Gasteiger partial charge on any atom is 0.0955 e. The van der Waals surface area contributed by atoms with Crippen LogP contribution in [0.5, 0.6) is 0 Å². The molecule has 0 amide bonds. The third kappa shape index (κ3) is 1.78. The quantitative estimate of drug-likeness (QED) is 0.865. The van der Waals surface area contributed by atoms with Crippen LogP contribution in [0.2, 0.25) is 0 Å². The van der Waals surface area contributed by atoms with Crippen LogP contribution in [0, 0.1) is 0 Å². The molecule has 0 saturated heterocycles. The van der Waals surface area contributed by atoms with E-state index < -0.39 is 6.10 Å². The summed E-state index contributed by atoms with van der Waals surface area (Å²) < 4.78 is 2.78. The van der Waals surface area contributed by atoms with Gasteiger partial charge in [0.2, 0.25) is 0 Å². The number of benzene rings is 1. The summed E-state index contributed by atoms with van der Waals surface area (Å²) in [6, 6.07) is 3.80. The van der Waals surface area contributed by atoms with E-state index in [0.717, 1.165) is 21.1 Å². The first kappa shape index (κ1) is 10.6. The van der Waals surface area contributed by atoms with Crippen molar-refractivity contribution in [2.75, 3.05) is 6.54 Å². The summed E-state index contributed by atoms with van der Waals surface area (Å²) in [5, 5.41) is 9.81. The molecule has 1 unspecified atom stereocenters. The second kappa shape index (κ2) is 3.92. The smallest absolute Gasteiger partial charge is 0.0955 e. The summed E-state index contributed by atoms with van der Waals surface area (Å²) in [6.07, 6.45) is 1.07. The van der Waals surface area contributed by atoms with Crippen LogP contribution in [-0.4, -0.2) is 21.2 Å². The molecule has 1 heterocycles. The van der Waals surface area contributed by atoms with E-state index in [9.17, 15) is 5.11 Å². The van der Waals surface area contributed by atoms with Gasteiger partial charge in [-0.3, -0.25) is 0 Å². The van der Waals surface area contributed by atoms with Crippen molar-refractivity contribution in [2.45, 2.75) is 6.10 Å². The molecule has 3 N–H and O–H groups in total. The predicted octanol–water partition coefficient (Wildman–Crippen LogP) is 1.33. The van der Waals surface area contributed by atoms with E-state index in [-0.39, 0.29) is 6.54 Å². The molecule has 0 spiro atoms. The molecule has 1 aromatic heterocycles. The van der Waals surface area contributed by atoms with Crippen LogP contribution in [0.25, 0.3) is 11.0 Å². The van der Waals surface area contributed by atoms with Gasteiger partial charge in [0, 0.05) is 23.6 Å². The molecule has 0 aliphatic rings. The van der Waals surface area contributed by atoms with Crippen molar-refractivity contribution in [2.24, 2.45) is 12.8 Å². The summed E-state index contributed by atoms with van der Waals surface area (Å²) in [7, 11) is 1.90. The molecule has 1 aromatic carbocycles. The largest absolute Gasteiger partial charge is 0.387 e. The Morgan fingerprint density at radius 3 is 3.00 bits per heavy atom. The molecular formula is C10H12BrN3O. The van der Waals surface area contributed by atoms with E-state index in [0.29, 0.717) is 0 Å². The zero-order valence-corrected chi connectivity index (χ0v) is 9.90. The van der Waals surface area contributed by atoms with Gasteiger partial charge in [-0.05, 0) is 12.1 Å². The van der Waals surface area contributed by atoms with Crippen LogP contribution in [0.4, 0.5) is 0 Å². The highest BCUT2D eigenvalue weighted by molar-refractivity contribution is 9.10. The van der Waals surface area contributed by atoms with Crippen LogP contribution in [0.1, 0.15) is 11.7 Å². The minimum absolute atomic E-state index is 0.205. The lowest BCUT2D eigenvalue weighted by Crippen LogP contribution is -2.12. The number of aromatic nitrogens is 2. The Morgan fingerprint density at radius 1 is 1.60 bits per heavy atom. The van der Waals surface area contributed by atoms with Crippen molar-refractivity contribution in [3.63, 3.8) is 0 Å². The van der Waals surface area contributed by atoms with Gasteiger partial charge >= 0.3 is 0 Å². The van der Waals surface area contributed by atoms with Crippen LogP contribution < -0.4 is 5.73 Å². The summed E-state index contributed by atoms with van der Waals surface area (Å²) in [4.78, 5) is 4.24. The lowest BCUT2D eigenvalue weighted by atomic mass is 10.1. The molecule has 80 valence electrons. The molecule has 0 fully saturated rings. The third-order valence-corrected chi connectivity index (χ3v) is 2.85. The van der Waals surface area contributed by atoms with Gasteiger partial charge in [0.1, 0.15) is 0 Å². The maximum absolute atomic E-state index is 9.81. The van der Waals surface area contributed by atoms with Crippen LogP contribution in [0.3, 0.4) is 0 Å². The topological polar surface area (TPSA) is 64.1 Å². The Morgan fingerprint density at radius 2 is 2.33 bits per heavy atom. The number of hydrogen-bond acceptors (Lipinski definition) is 3. The van der Waals surface area contributed by atoms with E-state index in [4.69, 9.17) is 5.73 Å². The van der Waals surface area contributed by atoms with Crippen molar-refractivity contribution in [3.8, 4) is 0 Å². The fourth-order valence-electron chi connectivity index (χ4n) is 1.68. The van der Waals surface area contributed by atoms with E-state index in [1.54, 1.807) is 6.33 Å². The number of imidazole rings is 1. The molecule has 2 aromatic rings.